The number of aromatic nitrogens is 3. The number of hydrogen-bond acceptors (Lipinski definition) is 8. The number of piperazine rings is 1. The number of nitrogens with one attached hydrogen (secondary N) is 1. The summed E-state index contributed by atoms with van der Waals surface area (Å²) in [6.07, 6.45) is 2.57. The first kappa shape index (κ1) is 33.7. The highest BCUT2D eigenvalue weighted by molar-refractivity contribution is 7.88. The zero-order valence-corrected chi connectivity index (χ0v) is 28.7. The first-order valence-corrected chi connectivity index (χ1v) is 18.6. The van der Waals surface area contributed by atoms with Crippen LogP contribution < -0.4 is 5.32 Å². The standard InChI is InChI=1S/C35H41F3N8O2S/c1-23-25(20-43-10-6-27(7-11-43)42-33-30-16-26(18-35(36,37)38)24(2)32(30)40-22-41-33)4-5-31-29(23)17-28(19-39)46(31)21-34(8-9-34)44-12-14-45(15-13-44)49(3,47)48/h4-5,16-17,22,27H,2,6-15,18,20-21H2,1,3H3,(H,40,41,42). The number of nitriles is 1. The van der Waals surface area contributed by atoms with E-state index in [1.165, 1.54) is 24.2 Å². The molecule has 1 N–H and O–H groups in total. The summed E-state index contributed by atoms with van der Waals surface area (Å²) >= 11 is 0. The second kappa shape index (κ2) is 12.5. The number of allylic oxidation sites excluding steroid dienone is 2. The van der Waals surface area contributed by atoms with Crippen molar-refractivity contribution >= 4 is 38.4 Å². The van der Waals surface area contributed by atoms with Crippen LogP contribution in [-0.4, -0.2) is 100 Å². The van der Waals surface area contributed by atoms with Crippen molar-refractivity contribution in [2.24, 2.45) is 0 Å². The molecule has 0 atom stereocenters. The minimum atomic E-state index is -4.32. The van der Waals surface area contributed by atoms with Gasteiger partial charge in [0.05, 0.1) is 18.4 Å². The summed E-state index contributed by atoms with van der Waals surface area (Å²) in [6.45, 7) is 11.5. The monoisotopic (exact) mass is 694 g/mol. The van der Waals surface area contributed by atoms with Crippen molar-refractivity contribution in [1.82, 2.24) is 28.6 Å². The fourth-order valence-electron chi connectivity index (χ4n) is 7.81. The average Bonchev–Trinajstić information content (AvgIpc) is 3.66. The van der Waals surface area contributed by atoms with Gasteiger partial charge in [0.1, 0.15) is 23.9 Å². The molecule has 3 aromatic rings. The molecule has 3 fully saturated rings. The van der Waals surface area contributed by atoms with Crippen LogP contribution in [0.3, 0.4) is 0 Å². The van der Waals surface area contributed by atoms with E-state index in [0.717, 1.165) is 61.8 Å². The van der Waals surface area contributed by atoms with E-state index in [-0.39, 0.29) is 17.2 Å². The van der Waals surface area contributed by atoms with Crippen molar-refractivity contribution in [3.8, 4) is 6.07 Å². The molecule has 10 nitrogen and oxygen atoms in total. The third kappa shape index (κ3) is 6.73. The molecule has 0 spiro atoms. The SMILES string of the molecule is C=C1C(CC(F)(F)F)=Cc2c(NC3CCN(Cc4ccc5c(cc(C#N)n5CC5(N6CCN(S(C)(=O)=O)CC6)CC5)c4C)CC3)ncnc21. The van der Waals surface area contributed by atoms with Crippen LogP contribution in [0.5, 0.6) is 0 Å². The molecule has 14 heteroatoms. The van der Waals surface area contributed by atoms with Gasteiger partial charge in [-0.15, -0.1) is 0 Å². The van der Waals surface area contributed by atoms with Crippen LogP contribution >= 0.6 is 0 Å². The number of piperidine rings is 1. The Bertz CT molecular complexity index is 1980. The van der Waals surface area contributed by atoms with E-state index in [1.54, 1.807) is 4.31 Å². The third-order valence-corrected chi connectivity index (χ3v) is 12.1. The highest BCUT2D eigenvalue weighted by Gasteiger charge is 2.49. The molecule has 2 aliphatic heterocycles. The predicted octanol–water partition coefficient (Wildman–Crippen LogP) is 5.16. The van der Waals surface area contributed by atoms with Crippen molar-refractivity contribution in [2.75, 3.05) is 50.8 Å². The Morgan fingerprint density at radius 1 is 1.10 bits per heavy atom. The van der Waals surface area contributed by atoms with Gasteiger partial charge in [-0.25, -0.2) is 18.4 Å². The number of sulfonamides is 1. The lowest BCUT2D eigenvalue weighted by Gasteiger charge is -2.39. The van der Waals surface area contributed by atoms with Gasteiger partial charge in [0.15, 0.2) is 0 Å². The van der Waals surface area contributed by atoms with Crippen LogP contribution in [0.2, 0.25) is 0 Å². The van der Waals surface area contributed by atoms with Gasteiger partial charge in [-0.1, -0.05) is 12.6 Å². The van der Waals surface area contributed by atoms with E-state index in [0.29, 0.717) is 61.1 Å². The summed E-state index contributed by atoms with van der Waals surface area (Å²) < 4.78 is 67.0. The molecular weight excluding hydrogens is 653 g/mol. The van der Waals surface area contributed by atoms with Crippen LogP contribution in [-0.2, 0) is 23.1 Å². The lowest BCUT2D eigenvalue weighted by atomic mass is 10.0. The Morgan fingerprint density at radius 3 is 2.45 bits per heavy atom. The molecule has 2 aliphatic carbocycles. The number of alkyl halides is 3. The number of hydrogen-bond donors (Lipinski definition) is 1. The number of benzene rings is 1. The molecule has 1 aromatic carbocycles. The van der Waals surface area contributed by atoms with Gasteiger partial charge in [-0.05, 0) is 73.1 Å². The Kier molecular flexibility index (Phi) is 8.62. The quantitative estimate of drug-likeness (QED) is 0.327. The van der Waals surface area contributed by atoms with Crippen molar-refractivity contribution in [3.05, 3.63) is 64.8 Å². The molecule has 260 valence electrons. The normalized spacial score (nSPS) is 20.7. The maximum atomic E-state index is 13.1. The molecule has 4 heterocycles. The first-order valence-electron chi connectivity index (χ1n) is 16.8. The molecule has 0 radical (unpaired) electrons. The van der Waals surface area contributed by atoms with Crippen molar-refractivity contribution < 1.29 is 21.6 Å². The van der Waals surface area contributed by atoms with E-state index >= 15 is 0 Å². The summed E-state index contributed by atoms with van der Waals surface area (Å²) in [5, 5.41) is 14.7. The molecule has 0 amide bonds. The van der Waals surface area contributed by atoms with Crippen molar-refractivity contribution in [1.29, 1.82) is 5.26 Å². The van der Waals surface area contributed by atoms with Crippen LogP contribution in [0, 0.1) is 18.3 Å². The van der Waals surface area contributed by atoms with E-state index in [1.807, 2.05) is 6.07 Å². The maximum absolute atomic E-state index is 13.1. The highest BCUT2D eigenvalue weighted by atomic mass is 32.2. The zero-order chi connectivity index (χ0) is 34.7. The number of aryl methyl sites for hydroxylation is 1. The van der Waals surface area contributed by atoms with Crippen molar-refractivity contribution in [3.63, 3.8) is 0 Å². The fraction of sp³-hybridized carbons (Fsp3) is 0.514. The second-order valence-electron chi connectivity index (χ2n) is 14.0. The molecule has 0 bridgehead atoms. The lowest BCUT2D eigenvalue weighted by molar-refractivity contribution is -0.126. The van der Waals surface area contributed by atoms with Gasteiger partial charge >= 0.3 is 6.18 Å². The van der Waals surface area contributed by atoms with Gasteiger partial charge in [-0.2, -0.15) is 22.7 Å². The predicted molar refractivity (Wildman–Crippen MR) is 183 cm³/mol. The summed E-state index contributed by atoms with van der Waals surface area (Å²) in [7, 11) is -3.20. The number of halogens is 3. The number of fused-ring (bicyclic) bond motifs is 2. The zero-order valence-electron chi connectivity index (χ0n) is 27.9. The van der Waals surface area contributed by atoms with E-state index in [2.05, 4.69) is 61.4 Å². The molecular formula is C35H41F3N8O2S. The maximum Gasteiger partial charge on any atom is 0.393 e. The summed E-state index contributed by atoms with van der Waals surface area (Å²) in [6, 6.07) is 8.86. The summed E-state index contributed by atoms with van der Waals surface area (Å²) in [4.78, 5) is 13.4. The Balaban J connectivity index is 0.999. The number of nitrogens with zero attached hydrogens (tertiary/aromatic N) is 7. The van der Waals surface area contributed by atoms with Gasteiger partial charge in [0.25, 0.3) is 0 Å². The highest BCUT2D eigenvalue weighted by Crippen LogP contribution is 2.45. The summed E-state index contributed by atoms with van der Waals surface area (Å²) in [5.74, 6) is 0.546. The van der Waals surface area contributed by atoms with Crippen LogP contribution in [0.4, 0.5) is 19.0 Å². The molecule has 7 rings (SSSR count). The van der Waals surface area contributed by atoms with E-state index in [4.69, 9.17) is 0 Å². The van der Waals surface area contributed by atoms with Gasteiger partial charge < -0.3 is 9.88 Å². The smallest absolute Gasteiger partial charge is 0.367 e. The van der Waals surface area contributed by atoms with Gasteiger partial charge in [0.2, 0.25) is 10.0 Å². The largest absolute Gasteiger partial charge is 0.393 e. The Hall–Kier alpha value is -3.77. The third-order valence-electron chi connectivity index (χ3n) is 10.8. The minimum absolute atomic E-state index is 0.0480. The number of rotatable bonds is 9. The molecule has 2 saturated heterocycles. The van der Waals surface area contributed by atoms with E-state index in [9.17, 15) is 26.9 Å². The lowest BCUT2D eigenvalue weighted by Crippen LogP contribution is -2.53. The van der Waals surface area contributed by atoms with Crippen LogP contribution in [0.15, 0.2) is 36.7 Å². The molecule has 49 heavy (non-hydrogen) atoms. The first-order chi connectivity index (χ1) is 23.2. The Morgan fingerprint density at radius 2 is 1.82 bits per heavy atom. The number of likely N-dealkylation sites (tertiary alicyclic amines) is 1. The molecule has 4 aliphatic rings. The van der Waals surface area contributed by atoms with Crippen LogP contribution in [0.1, 0.15) is 60.2 Å². The Labute approximate surface area is 284 Å². The molecule has 2 aromatic heterocycles. The molecule has 0 unspecified atom stereocenters. The topological polar surface area (TPSA) is 110 Å². The minimum Gasteiger partial charge on any atom is -0.367 e. The summed E-state index contributed by atoms with van der Waals surface area (Å²) in [5.41, 5.74) is 5.48. The van der Waals surface area contributed by atoms with Gasteiger partial charge in [0, 0.05) is 80.4 Å². The fourth-order valence-corrected chi connectivity index (χ4v) is 8.63. The van der Waals surface area contributed by atoms with Gasteiger partial charge in [-0.3, -0.25) is 9.80 Å². The van der Waals surface area contributed by atoms with E-state index < -0.39 is 22.6 Å². The van der Waals surface area contributed by atoms with Crippen molar-refractivity contribution in [2.45, 2.75) is 69.9 Å². The molecule has 1 saturated carbocycles. The average molecular weight is 695 g/mol. The van der Waals surface area contributed by atoms with Crippen LogP contribution in [0.25, 0.3) is 22.6 Å². The number of anilines is 1. The second-order valence-corrected chi connectivity index (χ2v) is 16.0.